The molecule has 4 aromatic heterocycles. The van der Waals surface area contributed by atoms with Crippen LogP contribution in [0.5, 0.6) is 0 Å². The zero-order valence-corrected chi connectivity index (χ0v) is 23.9. The largest absolute Gasteiger partial charge is 0.478 e. The highest BCUT2D eigenvalue weighted by atomic mass is 35.5. The molecule has 0 aromatic carbocycles. The number of carbonyl (C=O) groups is 3. The van der Waals surface area contributed by atoms with Crippen LogP contribution in [0.4, 0.5) is 0 Å². The summed E-state index contributed by atoms with van der Waals surface area (Å²) in [5.74, 6) is -1.68. The molecule has 0 saturated carbocycles. The molecule has 0 radical (unpaired) electrons. The topological polar surface area (TPSA) is 137 Å². The van der Waals surface area contributed by atoms with Crippen molar-refractivity contribution in [3.63, 3.8) is 0 Å². The Labute approximate surface area is 236 Å². The normalized spacial score (nSPS) is 11.5. The molecule has 4 aromatic rings. The fourth-order valence-corrected chi connectivity index (χ4v) is 5.87. The van der Waals surface area contributed by atoms with Crippen LogP contribution in [0.3, 0.4) is 0 Å². The van der Waals surface area contributed by atoms with Crippen LogP contribution in [0.2, 0.25) is 4.34 Å². The summed E-state index contributed by atoms with van der Waals surface area (Å²) in [5, 5.41) is 15.0. The predicted octanol–water partition coefficient (Wildman–Crippen LogP) is 5.08. The van der Waals surface area contributed by atoms with Crippen LogP contribution in [-0.2, 0) is 12.3 Å². The van der Waals surface area contributed by atoms with Crippen molar-refractivity contribution in [2.45, 2.75) is 45.0 Å². The lowest BCUT2D eigenvalue weighted by Crippen LogP contribution is -2.29. The SMILES string of the molecule is Cc1cc(=O)n(CC(=O)c2cnccn2)c(-c2cc(SCc3ccc(Cl)s3)n(C(=O)C(C)(C)C)n2)c1C(=O)O. The Morgan fingerprint density at radius 1 is 1.15 bits per heavy atom. The summed E-state index contributed by atoms with van der Waals surface area (Å²) in [5.41, 5.74) is -1.39. The van der Waals surface area contributed by atoms with Crippen LogP contribution >= 0.6 is 34.7 Å². The first-order valence-electron chi connectivity index (χ1n) is 11.7. The molecule has 0 saturated heterocycles. The number of aryl methyl sites for hydroxylation is 1. The summed E-state index contributed by atoms with van der Waals surface area (Å²) in [6.45, 7) is 6.24. The van der Waals surface area contributed by atoms with Crippen molar-refractivity contribution in [2.24, 2.45) is 5.41 Å². The summed E-state index contributed by atoms with van der Waals surface area (Å²) in [6.07, 6.45) is 4.02. The molecule has 0 fully saturated rings. The van der Waals surface area contributed by atoms with E-state index in [0.29, 0.717) is 15.1 Å². The highest BCUT2D eigenvalue weighted by Gasteiger charge is 2.30. The number of hydrogen-bond acceptors (Lipinski definition) is 9. The molecule has 0 unspecified atom stereocenters. The van der Waals surface area contributed by atoms with Crippen molar-refractivity contribution in [3.05, 3.63) is 79.2 Å². The van der Waals surface area contributed by atoms with E-state index in [9.17, 15) is 24.3 Å². The molecule has 10 nitrogen and oxygen atoms in total. The molecule has 13 heteroatoms. The lowest BCUT2D eigenvalue weighted by Gasteiger charge is -2.18. The predicted molar refractivity (Wildman–Crippen MR) is 149 cm³/mol. The quantitative estimate of drug-likeness (QED) is 0.221. The minimum absolute atomic E-state index is 0.0205. The first-order chi connectivity index (χ1) is 18.4. The average molecular weight is 586 g/mol. The van der Waals surface area contributed by atoms with Crippen LogP contribution in [0, 0.1) is 12.3 Å². The smallest absolute Gasteiger partial charge is 0.338 e. The molecule has 0 amide bonds. The number of pyridine rings is 1. The average Bonchev–Trinajstić information content (AvgIpc) is 3.49. The molecule has 0 bridgehead atoms. The Balaban J connectivity index is 1.89. The van der Waals surface area contributed by atoms with Crippen LogP contribution in [0.15, 0.2) is 52.7 Å². The molecule has 4 heterocycles. The molecule has 1 N–H and O–H groups in total. The molecule has 39 heavy (non-hydrogen) atoms. The number of thioether (sulfide) groups is 1. The van der Waals surface area contributed by atoms with Crippen LogP contribution < -0.4 is 5.56 Å². The summed E-state index contributed by atoms with van der Waals surface area (Å²) in [7, 11) is 0. The maximum absolute atomic E-state index is 13.4. The number of aromatic carboxylic acids is 1. The van der Waals surface area contributed by atoms with Gasteiger partial charge < -0.3 is 5.11 Å². The van der Waals surface area contributed by atoms with Gasteiger partial charge in [0.05, 0.1) is 28.3 Å². The van der Waals surface area contributed by atoms with Crippen LogP contribution in [0.1, 0.15) is 56.9 Å². The number of nitrogens with zero attached hydrogens (tertiary/aromatic N) is 5. The number of ketones is 1. The highest BCUT2D eigenvalue weighted by Crippen LogP contribution is 2.34. The van der Waals surface area contributed by atoms with Gasteiger partial charge in [0, 0.05) is 40.6 Å². The van der Waals surface area contributed by atoms with Gasteiger partial charge in [0.15, 0.2) is 0 Å². The molecule has 0 aliphatic carbocycles. The van der Waals surface area contributed by atoms with Gasteiger partial charge in [0.2, 0.25) is 5.78 Å². The van der Waals surface area contributed by atoms with Gasteiger partial charge in [-0.25, -0.2) is 9.78 Å². The van der Waals surface area contributed by atoms with Crippen LogP contribution in [-0.4, -0.2) is 47.1 Å². The third kappa shape index (κ3) is 6.18. The van der Waals surface area contributed by atoms with Crippen molar-refractivity contribution in [1.29, 1.82) is 0 Å². The number of carbonyl (C=O) groups excluding carboxylic acids is 2. The van der Waals surface area contributed by atoms with Gasteiger partial charge in [0.25, 0.3) is 11.5 Å². The van der Waals surface area contributed by atoms with E-state index in [1.807, 2.05) is 6.07 Å². The number of thiophene rings is 1. The number of halogens is 1. The van der Waals surface area contributed by atoms with Crippen molar-refractivity contribution in [3.8, 4) is 11.4 Å². The minimum atomic E-state index is -1.30. The van der Waals surface area contributed by atoms with Gasteiger partial charge in [-0.3, -0.25) is 23.9 Å². The van der Waals surface area contributed by atoms with E-state index in [0.717, 1.165) is 15.5 Å². The fraction of sp³-hybridized carbons (Fsp3) is 0.269. The molecule has 0 atom stereocenters. The van der Waals surface area contributed by atoms with Gasteiger partial charge >= 0.3 is 5.97 Å². The van der Waals surface area contributed by atoms with E-state index in [4.69, 9.17) is 11.6 Å². The van der Waals surface area contributed by atoms with Gasteiger partial charge in [-0.1, -0.05) is 32.4 Å². The second-order valence-corrected chi connectivity index (χ2v) is 12.4. The van der Waals surface area contributed by atoms with Gasteiger partial charge in [0.1, 0.15) is 16.4 Å². The number of Topliss-reactive ketones (excluding diaryl/α,β-unsaturated/α-hetero) is 1. The zero-order valence-electron chi connectivity index (χ0n) is 21.5. The fourth-order valence-electron chi connectivity index (χ4n) is 3.75. The molecular formula is C26H24ClN5O5S2. The second-order valence-electron chi connectivity index (χ2n) is 9.62. The maximum Gasteiger partial charge on any atom is 0.338 e. The Morgan fingerprint density at radius 3 is 2.49 bits per heavy atom. The Hall–Kier alpha value is -3.61. The third-order valence-electron chi connectivity index (χ3n) is 5.62. The van der Waals surface area contributed by atoms with E-state index in [2.05, 4.69) is 15.1 Å². The van der Waals surface area contributed by atoms with Crippen LogP contribution in [0.25, 0.3) is 11.4 Å². The van der Waals surface area contributed by atoms with Crippen molar-refractivity contribution in [1.82, 2.24) is 24.3 Å². The van der Waals surface area contributed by atoms with Crippen molar-refractivity contribution >= 4 is 52.4 Å². The number of carboxylic acid groups (broad SMARTS) is 1. The first-order valence-corrected chi connectivity index (χ1v) is 13.8. The molecule has 4 rings (SSSR count). The lowest BCUT2D eigenvalue weighted by molar-refractivity contribution is 0.0694. The van der Waals surface area contributed by atoms with E-state index in [1.54, 1.807) is 32.9 Å². The van der Waals surface area contributed by atoms with Gasteiger partial charge in [-0.2, -0.15) is 9.78 Å². The highest BCUT2D eigenvalue weighted by molar-refractivity contribution is 7.98. The molecular weight excluding hydrogens is 562 g/mol. The van der Waals surface area contributed by atoms with E-state index >= 15 is 0 Å². The number of hydrogen-bond donors (Lipinski definition) is 1. The van der Waals surface area contributed by atoms with Gasteiger partial charge in [-0.15, -0.1) is 23.1 Å². The van der Waals surface area contributed by atoms with E-state index in [1.165, 1.54) is 53.3 Å². The summed E-state index contributed by atoms with van der Waals surface area (Å²) >= 11 is 8.79. The van der Waals surface area contributed by atoms with E-state index in [-0.39, 0.29) is 34.1 Å². The number of carboxylic acids is 1. The molecule has 0 spiro atoms. The summed E-state index contributed by atoms with van der Waals surface area (Å²) < 4.78 is 2.91. The Kier molecular flexibility index (Phi) is 8.19. The Morgan fingerprint density at radius 2 is 1.90 bits per heavy atom. The van der Waals surface area contributed by atoms with E-state index < -0.39 is 29.3 Å². The molecule has 0 aliphatic rings. The van der Waals surface area contributed by atoms with Crippen molar-refractivity contribution in [2.75, 3.05) is 0 Å². The Bertz CT molecular complexity index is 1640. The first kappa shape index (κ1) is 28.4. The second kappa shape index (κ2) is 11.2. The standard InChI is InChI=1S/C26H24ClN5O5S2/c1-14-9-20(34)31(12-18(33)17-11-28-7-8-29-17)23(22(14)24(35)36)16-10-21(32(30-16)25(37)26(2,3)4)38-13-15-5-6-19(27)39-15/h5-11H,12-13H2,1-4H3,(H,35,36). The summed E-state index contributed by atoms with van der Waals surface area (Å²) in [4.78, 5) is 60.7. The van der Waals surface area contributed by atoms with Gasteiger partial charge in [-0.05, 0) is 24.6 Å². The number of aromatic nitrogens is 5. The molecule has 0 aliphatic heterocycles. The summed E-state index contributed by atoms with van der Waals surface area (Å²) in [6, 6.07) is 6.38. The monoisotopic (exact) mass is 585 g/mol. The lowest BCUT2D eigenvalue weighted by atomic mass is 9.96. The molecule has 202 valence electrons. The minimum Gasteiger partial charge on any atom is -0.478 e. The maximum atomic E-state index is 13.4. The number of rotatable bonds is 8. The third-order valence-corrected chi connectivity index (χ3v) is 8.07. The zero-order chi connectivity index (χ0) is 28.5. The van der Waals surface area contributed by atoms with Crippen molar-refractivity contribution < 1.29 is 19.5 Å².